The first-order valence-electron chi connectivity index (χ1n) is 6.90. The zero-order chi connectivity index (χ0) is 15.3. The maximum Gasteiger partial charge on any atom is 0.299 e. The Hall–Kier alpha value is -0.470. The molecule has 0 heterocycles. The van der Waals surface area contributed by atoms with Crippen LogP contribution < -0.4 is 4.52 Å². The van der Waals surface area contributed by atoms with E-state index in [1.54, 1.807) is 11.4 Å². The predicted molar refractivity (Wildman–Crippen MR) is 94.2 cm³/mol. The highest BCUT2D eigenvalue weighted by Gasteiger charge is 2.34. The Bertz CT molecular complexity index is 516. The first-order chi connectivity index (χ1) is 10.0. The van der Waals surface area contributed by atoms with Gasteiger partial charge in [-0.2, -0.15) is 0 Å². The van der Waals surface area contributed by atoms with Gasteiger partial charge >= 0.3 is 0 Å². The Morgan fingerprint density at radius 2 is 2.05 bits per heavy atom. The molecule has 1 aliphatic rings. The summed E-state index contributed by atoms with van der Waals surface area (Å²) in [6.45, 7) is 6.70. The van der Waals surface area contributed by atoms with E-state index in [0.29, 0.717) is 6.61 Å². The summed E-state index contributed by atoms with van der Waals surface area (Å²) < 4.78 is 11.8. The summed E-state index contributed by atoms with van der Waals surface area (Å²) in [6, 6.07) is 9.77. The van der Waals surface area contributed by atoms with Crippen LogP contribution in [0.25, 0.3) is 0 Å². The van der Waals surface area contributed by atoms with Crippen LogP contribution in [0.3, 0.4) is 0 Å². The van der Waals surface area contributed by atoms with Crippen LogP contribution in [-0.4, -0.2) is 16.7 Å². The summed E-state index contributed by atoms with van der Waals surface area (Å²) in [5, 5.41) is 0.130. The molecule has 2 rings (SSSR count). The highest BCUT2D eigenvalue weighted by molar-refractivity contribution is 8.53. The molecular formula is C16H20ClO2PS. The molecule has 0 amide bonds. The lowest BCUT2D eigenvalue weighted by Crippen LogP contribution is -2.29. The summed E-state index contributed by atoms with van der Waals surface area (Å²) in [6.07, 6.45) is 6.29. The van der Waals surface area contributed by atoms with E-state index in [1.807, 2.05) is 50.3 Å². The third-order valence-corrected chi connectivity index (χ3v) is 7.08. The smallest absolute Gasteiger partial charge is 0.299 e. The molecule has 2 nitrogen and oxygen atoms in total. The van der Waals surface area contributed by atoms with Crippen LogP contribution in [0.15, 0.2) is 54.1 Å². The molecule has 1 aromatic carbocycles. The van der Waals surface area contributed by atoms with Crippen molar-refractivity contribution in [1.29, 1.82) is 0 Å². The van der Waals surface area contributed by atoms with E-state index in [9.17, 15) is 0 Å². The molecule has 114 valence electrons. The third kappa shape index (κ3) is 5.03. The molecular weight excluding hydrogens is 323 g/mol. The highest BCUT2D eigenvalue weighted by atomic mass is 35.5. The number of alkyl halides is 1. The number of halogens is 1. The summed E-state index contributed by atoms with van der Waals surface area (Å²) >= 11 is 8.25. The van der Waals surface area contributed by atoms with Gasteiger partial charge in [-0.15, -0.1) is 11.6 Å². The van der Waals surface area contributed by atoms with Crippen molar-refractivity contribution in [2.75, 3.05) is 6.61 Å². The first kappa shape index (κ1) is 16.9. The van der Waals surface area contributed by atoms with E-state index in [0.717, 1.165) is 5.75 Å². The standard InChI is InChI=1S/C16H20ClO2PS/c1-4-18-20(19-14-8-6-5-7-9-14)21-15-12-13(2)10-11-16(15,3)17/h5-12,15H,4H2,1-3H3. The normalized spacial score (nSPS) is 26.3. The topological polar surface area (TPSA) is 18.5 Å². The lowest BCUT2D eigenvalue weighted by molar-refractivity contribution is 0.346. The van der Waals surface area contributed by atoms with Crippen LogP contribution in [0.5, 0.6) is 5.75 Å². The van der Waals surface area contributed by atoms with Crippen molar-refractivity contribution in [3.8, 4) is 5.75 Å². The van der Waals surface area contributed by atoms with Gasteiger partial charge in [0.25, 0.3) is 7.58 Å². The van der Waals surface area contributed by atoms with Crippen molar-refractivity contribution in [3.05, 3.63) is 54.1 Å². The van der Waals surface area contributed by atoms with Crippen LogP contribution in [0.2, 0.25) is 0 Å². The minimum absolute atomic E-state index is 0.130. The largest absolute Gasteiger partial charge is 0.440 e. The molecule has 0 bridgehead atoms. The van der Waals surface area contributed by atoms with Crippen molar-refractivity contribution < 1.29 is 9.05 Å². The lowest BCUT2D eigenvalue weighted by Gasteiger charge is -2.31. The van der Waals surface area contributed by atoms with Crippen LogP contribution in [0.1, 0.15) is 20.8 Å². The van der Waals surface area contributed by atoms with Gasteiger partial charge in [-0.05, 0) is 32.9 Å². The molecule has 3 unspecified atom stereocenters. The summed E-state index contributed by atoms with van der Waals surface area (Å²) in [5.41, 5.74) is 1.22. The van der Waals surface area contributed by atoms with Gasteiger partial charge in [0.1, 0.15) is 5.75 Å². The molecule has 1 aromatic rings. The van der Waals surface area contributed by atoms with E-state index in [2.05, 4.69) is 19.1 Å². The Labute approximate surface area is 137 Å². The van der Waals surface area contributed by atoms with Gasteiger partial charge in [0.15, 0.2) is 0 Å². The molecule has 21 heavy (non-hydrogen) atoms. The van der Waals surface area contributed by atoms with Gasteiger partial charge in [0.05, 0.1) is 16.7 Å². The first-order valence-corrected chi connectivity index (χ1v) is 9.94. The van der Waals surface area contributed by atoms with Crippen LogP contribution in [0.4, 0.5) is 0 Å². The quantitative estimate of drug-likeness (QED) is 0.470. The van der Waals surface area contributed by atoms with Gasteiger partial charge in [-0.3, -0.25) is 0 Å². The Morgan fingerprint density at radius 3 is 2.71 bits per heavy atom. The number of rotatable bonds is 6. The molecule has 0 radical (unpaired) electrons. The van der Waals surface area contributed by atoms with Crippen LogP contribution >= 0.6 is 30.6 Å². The van der Waals surface area contributed by atoms with E-state index in [4.69, 9.17) is 20.6 Å². The number of hydrogen-bond acceptors (Lipinski definition) is 3. The van der Waals surface area contributed by atoms with E-state index >= 15 is 0 Å². The average molecular weight is 343 g/mol. The van der Waals surface area contributed by atoms with E-state index < -0.39 is 12.5 Å². The van der Waals surface area contributed by atoms with Gasteiger partial charge in [0, 0.05) is 0 Å². The number of para-hydroxylation sites is 1. The van der Waals surface area contributed by atoms with Crippen molar-refractivity contribution in [1.82, 2.24) is 0 Å². The molecule has 0 saturated heterocycles. The molecule has 0 N–H and O–H groups in total. The molecule has 3 atom stereocenters. The molecule has 0 aliphatic heterocycles. The van der Waals surface area contributed by atoms with Gasteiger partial charge in [-0.1, -0.05) is 53.4 Å². The van der Waals surface area contributed by atoms with Crippen LogP contribution in [-0.2, 0) is 4.52 Å². The SMILES string of the molecule is CCOP(Oc1ccccc1)SC1C=C(C)C=CC1(C)Cl. The van der Waals surface area contributed by atoms with E-state index in [-0.39, 0.29) is 5.25 Å². The maximum absolute atomic E-state index is 6.60. The zero-order valence-electron chi connectivity index (χ0n) is 12.5. The number of hydrogen-bond donors (Lipinski definition) is 0. The van der Waals surface area contributed by atoms with Gasteiger partial charge < -0.3 is 9.05 Å². The molecule has 0 spiro atoms. The van der Waals surface area contributed by atoms with Crippen LogP contribution in [0, 0.1) is 0 Å². The molecule has 0 aromatic heterocycles. The molecule has 5 heteroatoms. The lowest BCUT2D eigenvalue weighted by atomic mass is 9.98. The second-order valence-electron chi connectivity index (χ2n) is 4.97. The molecule has 0 fully saturated rings. The van der Waals surface area contributed by atoms with Gasteiger partial charge in [-0.25, -0.2) is 0 Å². The minimum atomic E-state index is -1.08. The monoisotopic (exact) mass is 342 g/mol. The van der Waals surface area contributed by atoms with Gasteiger partial charge in [0.2, 0.25) is 0 Å². The Kier molecular flexibility index (Phi) is 6.19. The zero-order valence-corrected chi connectivity index (χ0v) is 14.9. The third-order valence-electron chi connectivity index (χ3n) is 3.00. The Morgan fingerprint density at radius 1 is 1.33 bits per heavy atom. The van der Waals surface area contributed by atoms with Crippen molar-refractivity contribution in [2.24, 2.45) is 0 Å². The van der Waals surface area contributed by atoms with E-state index in [1.165, 1.54) is 5.57 Å². The fourth-order valence-electron chi connectivity index (χ4n) is 1.82. The fraction of sp³-hybridized carbons (Fsp3) is 0.375. The minimum Gasteiger partial charge on any atom is -0.440 e. The Balaban J connectivity index is 2.07. The average Bonchev–Trinajstić information content (AvgIpc) is 2.45. The maximum atomic E-state index is 6.60. The summed E-state index contributed by atoms with van der Waals surface area (Å²) in [7, 11) is -1.08. The van der Waals surface area contributed by atoms with Crippen molar-refractivity contribution in [2.45, 2.75) is 30.9 Å². The summed E-state index contributed by atoms with van der Waals surface area (Å²) in [5.74, 6) is 0.827. The fourth-order valence-corrected chi connectivity index (χ4v) is 5.96. The van der Waals surface area contributed by atoms with Crippen molar-refractivity contribution in [3.63, 3.8) is 0 Å². The highest BCUT2D eigenvalue weighted by Crippen LogP contribution is 2.57. The van der Waals surface area contributed by atoms with Crippen molar-refractivity contribution >= 4 is 30.6 Å². The number of benzene rings is 1. The predicted octanol–water partition coefficient (Wildman–Crippen LogP) is 5.94. The number of allylic oxidation sites excluding steroid dienone is 3. The summed E-state index contributed by atoms with van der Waals surface area (Å²) in [4.78, 5) is -0.415. The second-order valence-corrected chi connectivity index (χ2v) is 8.91. The second kappa shape index (κ2) is 7.69. The molecule has 1 aliphatic carbocycles. The molecule has 0 saturated carbocycles.